The summed E-state index contributed by atoms with van der Waals surface area (Å²) in [6, 6.07) is 7.72. The summed E-state index contributed by atoms with van der Waals surface area (Å²) >= 11 is 0. The minimum atomic E-state index is -4.66. The van der Waals surface area contributed by atoms with E-state index in [2.05, 4.69) is 25.6 Å². The van der Waals surface area contributed by atoms with Gasteiger partial charge in [-0.05, 0) is 36.4 Å². The van der Waals surface area contributed by atoms with Gasteiger partial charge in [-0.3, -0.25) is 0 Å². The van der Waals surface area contributed by atoms with Crippen molar-refractivity contribution in [1.82, 2.24) is 15.0 Å². The van der Waals surface area contributed by atoms with Gasteiger partial charge in [0.2, 0.25) is 11.9 Å². The fraction of sp³-hybridized carbons (Fsp3) is 0.200. The number of nitrogens with one attached hydrogen (secondary N) is 2. The van der Waals surface area contributed by atoms with Gasteiger partial charge in [0.25, 0.3) is 0 Å². The Kier molecular flexibility index (Phi) is 6.84. The molecule has 2 aromatic carbocycles. The zero-order chi connectivity index (χ0) is 26.0. The number of anilines is 4. The Morgan fingerprint density at radius 2 is 1.26 bits per heavy atom. The van der Waals surface area contributed by atoms with Crippen molar-refractivity contribution in [2.75, 3.05) is 17.2 Å². The van der Waals surface area contributed by atoms with E-state index in [1.807, 2.05) is 0 Å². The number of rotatable bonds is 7. The summed E-state index contributed by atoms with van der Waals surface area (Å²) in [5.41, 5.74) is 0.824. The van der Waals surface area contributed by atoms with Crippen LogP contribution in [0.15, 0.2) is 48.5 Å². The largest absolute Gasteiger partial charge is 0.479 e. The van der Waals surface area contributed by atoms with Crippen LogP contribution in [-0.2, 0) is 22.7 Å². The number of carboxylic acid groups (broad SMARTS) is 1. The van der Waals surface area contributed by atoms with Crippen LogP contribution in [0.5, 0.6) is 0 Å². The van der Waals surface area contributed by atoms with E-state index in [0.717, 1.165) is 36.4 Å². The lowest BCUT2D eigenvalue weighted by Crippen LogP contribution is -2.49. The summed E-state index contributed by atoms with van der Waals surface area (Å²) in [5, 5.41) is 23.8. The van der Waals surface area contributed by atoms with Crippen molar-refractivity contribution in [3.63, 3.8) is 0 Å². The highest BCUT2D eigenvalue weighted by Gasteiger charge is 2.40. The van der Waals surface area contributed by atoms with Gasteiger partial charge in [-0.2, -0.15) is 41.3 Å². The minimum Gasteiger partial charge on any atom is -0.479 e. The van der Waals surface area contributed by atoms with Gasteiger partial charge in [0.15, 0.2) is 11.4 Å². The van der Waals surface area contributed by atoms with Gasteiger partial charge >= 0.3 is 18.3 Å². The Morgan fingerprint density at radius 3 is 1.60 bits per heavy atom. The lowest BCUT2D eigenvalue weighted by molar-refractivity contribution is -0.145. The fourth-order valence-electron chi connectivity index (χ4n) is 2.73. The summed E-state index contributed by atoms with van der Waals surface area (Å²) in [4.78, 5) is 23.1. The molecule has 9 nitrogen and oxygen atoms in total. The van der Waals surface area contributed by atoms with Crippen molar-refractivity contribution in [2.24, 2.45) is 5.73 Å². The van der Waals surface area contributed by atoms with Crippen molar-refractivity contribution in [1.29, 1.82) is 0 Å². The van der Waals surface area contributed by atoms with Crippen molar-refractivity contribution in [2.45, 2.75) is 17.9 Å². The number of nitrogens with two attached hydrogens (primary N) is 1. The number of halogens is 6. The highest BCUT2D eigenvalue weighted by molar-refractivity contribution is 5.79. The molecule has 6 N–H and O–H groups in total. The molecule has 0 bridgehead atoms. The summed E-state index contributed by atoms with van der Waals surface area (Å²) in [6.07, 6.45) is -9.32. The molecule has 3 aromatic rings. The molecule has 0 aliphatic heterocycles. The van der Waals surface area contributed by atoms with Gasteiger partial charge in [0.1, 0.15) is 0 Å². The van der Waals surface area contributed by atoms with E-state index in [-0.39, 0.29) is 11.4 Å². The number of carboxylic acids is 1. The first kappa shape index (κ1) is 25.6. The predicted molar refractivity (Wildman–Crippen MR) is 110 cm³/mol. The standard InChI is InChI=1S/C20H16F6N6O3/c21-19(22,23)10-3-1-5-12(7-10)28-16-30-14(18(27,9-33)15(34)35)31-17(32-16)29-13-6-2-4-11(8-13)20(24,25)26/h1-8,33H,9,27H2,(H,34,35)(H2,28,29,30,31,32)/t18-/m0/s1. The molecular formula is C20H16F6N6O3. The Morgan fingerprint density at radius 1 is 0.829 bits per heavy atom. The maximum absolute atomic E-state index is 13.0. The molecule has 0 saturated carbocycles. The number of hydrogen-bond donors (Lipinski definition) is 5. The molecule has 15 heteroatoms. The minimum absolute atomic E-state index is 0.149. The average molecular weight is 502 g/mol. The molecule has 1 heterocycles. The smallest absolute Gasteiger partial charge is 0.416 e. The van der Waals surface area contributed by atoms with Crippen molar-refractivity contribution in [3.05, 3.63) is 65.5 Å². The second-order valence-electron chi connectivity index (χ2n) is 7.15. The topological polar surface area (TPSA) is 146 Å². The van der Waals surface area contributed by atoms with E-state index in [0.29, 0.717) is 0 Å². The molecule has 0 amide bonds. The molecule has 186 valence electrons. The maximum Gasteiger partial charge on any atom is 0.416 e. The second kappa shape index (κ2) is 9.34. The summed E-state index contributed by atoms with van der Waals surface area (Å²) in [7, 11) is 0. The van der Waals surface area contributed by atoms with E-state index in [9.17, 15) is 41.4 Å². The number of aliphatic carboxylic acids is 1. The number of aliphatic hydroxyl groups is 1. The van der Waals surface area contributed by atoms with Crippen LogP contribution >= 0.6 is 0 Å². The highest BCUT2D eigenvalue weighted by atomic mass is 19.4. The Hall–Kier alpha value is -3.98. The fourth-order valence-corrected chi connectivity index (χ4v) is 2.73. The van der Waals surface area contributed by atoms with Gasteiger partial charge in [0, 0.05) is 11.4 Å². The number of aliphatic hydroxyl groups excluding tert-OH is 1. The third-order valence-corrected chi connectivity index (χ3v) is 4.56. The Labute approximate surface area is 192 Å². The highest BCUT2D eigenvalue weighted by Crippen LogP contribution is 2.33. The third kappa shape index (κ3) is 5.93. The van der Waals surface area contributed by atoms with E-state index < -0.39 is 59.3 Å². The molecule has 0 aliphatic carbocycles. The molecule has 0 spiro atoms. The molecule has 0 saturated heterocycles. The van der Waals surface area contributed by atoms with Crippen LogP contribution in [0.3, 0.4) is 0 Å². The third-order valence-electron chi connectivity index (χ3n) is 4.56. The van der Waals surface area contributed by atoms with Gasteiger partial charge < -0.3 is 26.6 Å². The monoisotopic (exact) mass is 502 g/mol. The lowest BCUT2D eigenvalue weighted by atomic mass is 10.0. The molecule has 35 heavy (non-hydrogen) atoms. The molecular weight excluding hydrogens is 486 g/mol. The lowest BCUT2D eigenvalue weighted by Gasteiger charge is -2.21. The summed E-state index contributed by atoms with van der Waals surface area (Å²) < 4.78 is 78.1. The number of hydrogen-bond acceptors (Lipinski definition) is 8. The predicted octanol–water partition coefficient (Wildman–Crippen LogP) is 3.63. The zero-order valence-corrected chi connectivity index (χ0v) is 17.3. The summed E-state index contributed by atoms with van der Waals surface area (Å²) in [5.74, 6) is -3.45. The number of alkyl halides is 6. The van der Waals surface area contributed by atoms with Crippen molar-refractivity contribution < 1.29 is 41.4 Å². The quantitative estimate of drug-likeness (QED) is 0.306. The number of aromatic nitrogens is 3. The first-order chi connectivity index (χ1) is 16.2. The van der Waals surface area contributed by atoms with E-state index >= 15 is 0 Å². The molecule has 0 unspecified atom stereocenters. The Balaban J connectivity index is 2.06. The van der Waals surface area contributed by atoms with Crippen LogP contribution in [0.25, 0.3) is 0 Å². The number of carbonyl (C=O) groups is 1. The van der Waals surface area contributed by atoms with Gasteiger partial charge in [-0.15, -0.1) is 0 Å². The zero-order valence-electron chi connectivity index (χ0n) is 17.3. The Bertz CT molecular complexity index is 1160. The summed E-state index contributed by atoms with van der Waals surface area (Å²) in [6.45, 7) is -1.18. The molecule has 0 fully saturated rings. The maximum atomic E-state index is 13.0. The van der Waals surface area contributed by atoms with E-state index in [4.69, 9.17) is 5.73 Å². The first-order valence-corrected chi connectivity index (χ1v) is 9.50. The molecule has 3 rings (SSSR count). The van der Waals surface area contributed by atoms with Crippen LogP contribution in [0.1, 0.15) is 17.0 Å². The number of nitrogens with zero attached hydrogens (tertiary/aromatic N) is 3. The first-order valence-electron chi connectivity index (χ1n) is 9.50. The van der Waals surface area contributed by atoms with Crippen LogP contribution in [0, 0.1) is 0 Å². The average Bonchev–Trinajstić information content (AvgIpc) is 2.77. The van der Waals surface area contributed by atoms with Crippen molar-refractivity contribution in [3.8, 4) is 0 Å². The van der Waals surface area contributed by atoms with Crippen molar-refractivity contribution >= 4 is 29.2 Å². The van der Waals surface area contributed by atoms with Gasteiger partial charge in [-0.1, -0.05) is 12.1 Å². The van der Waals surface area contributed by atoms with E-state index in [1.54, 1.807) is 0 Å². The van der Waals surface area contributed by atoms with E-state index in [1.165, 1.54) is 12.1 Å². The normalized spacial score (nSPS) is 13.7. The molecule has 0 aliphatic rings. The van der Waals surface area contributed by atoms with Crippen LogP contribution in [-0.4, -0.2) is 37.7 Å². The molecule has 1 atom stereocenters. The molecule has 0 radical (unpaired) electrons. The van der Waals surface area contributed by atoms with Crippen LogP contribution in [0.4, 0.5) is 49.6 Å². The number of benzene rings is 2. The molecule has 1 aromatic heterocycles. The van der Waals surface area contributed by atoms with Crippen LogP contribution < -0.4 is 16.4 Å². The van der Waals surface area contributed by atoms with Gasteiger partial charge in [0.05, 0.1) is 17.7 Å². The van der Waals surface area contributed by atoms with Crippen LogP contribution in [0.2, 0.25) is 0 Å². The SMILES string of the molecule is N[C@](CO)(C(=O)O)c1nc(Nc2cccc(C(F)(F)F)c2)nc(Nc2cccc(C(F)(F)F)c2)n1. The second-order valence-corrected chi connectivity index (χ2v) is 7.15. The van der Waals surface area contributed by atoms with Gasteiger partial charge in [-0.25, -0.2) is 4.79 Å².